The lowest BCUT2D eigenvalue weighted by atomic mass is 10.1. The number of ether oxygens (including phenoxy) is 1. The van der Waals surface area contributed by atoms with Gasteiger partial charge in [0.25, 0.3) is 0 Å². The van der Waals surface area contributed by atoms with Crippen molar-refractivity contribution in [3.05, 3.63) is 59.7 Å². The Labute approximate surface area is 143 Å². The predicted molar refractivity (Wildman–Crippen MR) is 96.2 cm³/mol. The lowest BCUT2D eigenvalue weighted by Crippen LogP contribution is -2.27. The first kappa shape index (κ1) is 19.0. The summed E-state index contributed by atoms with van der Waals surface area (Å²) in [4.78, 5) is 12.2. The molecule has 0 aliphatic rings. The van der Waals surface area contributed by atoms with Crippen LogP contribution in [0.5, 0.6) is 5.75 Å². The van der Waals surface area contributed by atoms with Crippen molar-refractivity contribution in [3.63, 3.8) is 0 Å². The SMILES string of the molecule is Cc1ccc(C(N)C(=O)Nc2ccc(OC(C)C)cc2)cc1.Cl. The Bertz CT molecular complexity index is 624. The molecule has 0 aliphatic carbocycles. The van der Waals surface area contributed by atoms with E-state index in [1.54, 1.807) is 12.1 Å². The normalized spacial score (nSPS) is 11.5. The van der Waals surface area contributed by atoms with Crippen molar-refractivity contribution < 1.29 is 9.53 Å². The second kappa shape index (κ2) is 8.56. The fourth-order valence-corrected chi connectivity index (χ4v) is 2.03. The third kappa shape index (κ3) is 5.58. The van der Waals surface area contributed by atoms with Crippen molar-refractivity contribution in [1.29, 1.82) is 0 Å². The first-order valence-electron chi connectivity index (χ1n) is 7.35. The molecule has 1 amide bonds. The van der Waals surface area contributed by atoms with Crippen LogP contribution in [0.4, 0.5) is 5.69 Å². The summed E-state index contributed by atoms with van der Waals surface area (Å²) in [5, 5.41) is 2.82. The minimum absolute atomic E-state index is 0. The van der Waals surface area contributed by atoms with E-state index >= 15 is 0 Å². The summed E-state index contributed by atoms with van der Waals surface area (Å²) in [6, 6.07) is 14.2. The largest absolute Gasteiger partial charge is 0.491 e. The molecule has 124 valence electrons. The van der Waals surface area contributed by atoms with E-state index in [0.717, 1.165) is 16.9 Å². The molecule has 0 bridgehead atoms. The average molecular weight is 335 g/mol. The highest BCUT2D eigenvalue weighted by atomic mass is 35.5. The summed E-state index contributed by atoms with van der Waals surface area (Å²) in [5.74, 6) is 0.539. The Hall–Kier alpha value is -2.04. The lowest BCUT2D eigenvalue weighted by molar-refractivity contribution is -0.117. The van der Waals surface area contributed by atoms with Gasteiger partial charge in [-0.15, -0.1) is 12.4 Å². The second-order valence-electron chi connectivity index (χ2n) is 5.57. The molecule has 1 atom stereocenters. The minimum Gasteiger partial charge on any atom is -0.491 e. The zero-order valence-electron chi connectivity index (χ0n) is 13.6. The number of hydrogen-bond acceptors (Lipinski definition) is 3. The standard InChI is InChI=1S/C18H22N2O2.ClH/c1-12(2)22-16-10-8-15(9-11-16)20-18(21)17(19)14-6-4-13(3)5-7-14;/h4-12,17H,19H2,1-3H3,(H,20,21);1H. The Kier molecular flexibility index (Phi) is 7.07. The van der Waals surface area contributed by atoms with Crippen LogP contribution >= 0.6 is 12.4 Å². The Morgan fingerprint density at radius 3 is 2.13 bits per heavy atom. The van der Waals surface area contributed by atoms with Crippen LogP contribution in [0, 0.1) is 6.92 Å². The van der Waals surface area contributed by atoms with Crippen LogP contribution in [-0.2, 0) is 4.79 Å². The number of nitrogens with one attached hydrogen (secondary N) is 1. The number of carbonyl (C=O) groups excluding carboxylic acids is 1. The van der Waals surface area contributed by atoms with Crippen molar-refractivity contribution in [2.24, 2.45) is 5.73 Å². The van der Waals surface area contributed by atoms with Crippen molar-refractivity contribution in [2.75, 3.05) is 5.32 Å². The number of benzene rings is 2. The van der Waals surface area contributed by atoms with E-state index in [0.29, 0.717) is 5.69 Å². The molecule has 0 radical (unpaired) electrons. The topological polar surface area (TPSA) is 64.4 Å². The molecule has 0 aromatic heterocycles. The Morgan fingerprint density at radius 2 is 1.61 bits per heavy atom. The van der Waals surface area contributed by atoms with Crippen molar-refractivity contribution in [1.82, 2.24) is 0 Å². The molecule has 0 saturated carbocycles. The molecule has 2 rings (SSSR count). The molecule has 0 saturated heterocycles. The maximum absolute atomic E-state index is 12.2. The first-order valence-corrected chi connectivity index (χ1v) is 7.35. The highest BCUT2D eigenvalue weighted by Gasteiger charge is 2.15. The van der Waals surface area contributed by atoms with E-state index in [-0.39, 0.29) is 24.4 Å². The maximum atomic E-state index is 12.2. The number of halogens is 1. The number of rotatable bonds is 5. The summed E-state index contributed by atoms with van der Waals surface area (Å²) >= 11 is 0. The quantitative estimate of drug-likeness (QED) is 0.873. The molecule has 2 aromatic carbocycles. The van der Waals surface area contributed by atoms with Gasteiger partial charge in [-0.1, -0.05) is 29.8 Å². The number of aryl methyl sites for hydroxylation is 1. The number of amides is 1. The van der Waals surface area contributed by atoms with Gasteiger partial charge in [-0.2, -0.15) is 0 Å². The van der Waals surface area contributed by atoms with E-state index in [2.05, 4.69) is 5.32 Å². The van der Waals surface area contributed by atoms with Crippen LogP contribution in [0.1, 0.15) is 31.0 Å². The molecule has 0 heterocycles. The zero-order valence-corrected chi connectivity index (χ0v) is 14.4. The lowest BCUT2D eigenvalue weighted by Gasteiger charge is -2.14. The molecule has 0 spiro atoms. The zero-order chi connectivity index (χ0) is 16.1. The fraction of sp³-hybridized carbons (Fsp3) is 0.278. The minimum atomic E-state index is -0.688. The van der Waals surface area contributed by atoms with Crippen LogP contribution in [-0.4, -0.2) is 12.0 Å². The molecule has 5 heteroatoms. The van der Waals surface area contributed by atoms with Gasteiger partial charge in [-0.3, -0.25) is 4.79 Å². The van der Waals surface area contributed by atoms with E-state index in [1.807, 2.05) is 57.2 Å². The summed E-state index contributed by atoms with van der Waals surface area (Å²) in [6.45, 7) is 5.93. The number of carbonyl (C=O) groups is 1. The number of nitrogens with two attached hydrogens (primary N) is 1. The number of anilines is 1. The second-order valence-corrected chi connectivity index (χ2v) is 5.57. The molecule has 0 fully saturated rings. The van der Waals surface area contributed by atoms with Gasteiger partial charge in [0.1, 0.15) is 11.8 Å². The van der Waals surface area contributed by atoms with E-state index in [9.17, 15) is 4.79 Å². The van der Waals surface area contributed by atoms with Crippen molar-refractivity contribution in [2.45, 2.75) is 32.9 Å². The Balaban J connectivity index is 0.00000264. The molecule has 0 aliphatic heterocycles. The van der Waals surface area contributed by atoms with Gasteiger partial charge in [0.2, 0.25) is 5.91 Å². The summed E-state index contributed by atoms with van der Waals surface area (Å²) in [6.07, 6.45) is 0.121. The third-order valence-corrected chi connectivity index (χ3v) is 3.21. The van der Waals surface area contributed by atoms with Gasteiger partial charge in [0, 0.05) is 5.69 Å². The van der Waals surface area contributed by atoms with Crippen LogP contribution in [0.3, 0.4) is 0 Å². The van der Waals surface area contributed by atoms with Crippen molar-refractivity contribution in [3.8, 4) is 5.75 Å². The molecule has 3 N–H and O–H groups in total. The molecule has 1 unspecified atom stereocenters. The van der Waals surface area contributed by atoms with Crippen LogP contribution in [0.15, 0.2) is 48.5 Å². The van der Waals surface area contributed by atoms with Crippen molar-refractivity contribution >= 4 is 24.0 Å². The average Bonchev–Trinajstić information content (AvgIpc) is 2.49. The van der Waals surface area contributed by atoms with Crippen LogP contribution in [0.25, 0.3) is 0 Å². The van der Waals surface area contributed by atoms with E-state index < -0.39 is 6.04 Å². The third-order valence-electron chi connectivity index (χ3n) is 3.21. The van der Waals surface area contributed by atoms with Crippen LogP contribution in [0.2, 0.25) is 0 Å². The first-order chi connectivity index (χ1) is 10.5. The summed E-state index contributed by atoms with van der Waals surface area (Å²) in [7, 11) is 0. The highest BCUT2D eigenvalue weighted by molar-refractivity contribution is 5.95. The highest BCUT2D eigenvalue weighted by Crippen LogP contribution is 2.19. The molecular weight excluding hydrogens is 312 g/mol. The van der Waals surface area contributed by atoms with E-state index in [1.165, 1.54) is 0 Å². The summed E-state index contributed by atoms with van der Waals surface area (Å²) in [5.41, 5.74) is 8.62. The van der Waals surface area contributed by atoms with Gasteiger partial charge >= 0.3 is 0 Å². The molecule has 2 aromatic rings. The number of hydrogen-bond donors (Lipinski definition) is 2. The van der Waals surface area contributed by atoms with E-state index in [4.69, 9.17) is 10.5 Å². The maximum Gasteiger partial charge on any atom is 0.245 e. The van der Waals surface area contributed by atoms with Gasteiger partial charge < -0.3 is 15.8 Å². The fourth-order valence-electron chi connectivity index (χ4n) is 2.03. The van der Waals surface area contributed by atoms with Crippen LogP contribution < -0.4 is 15.8 Å². The molecule has 23 heavy (non-hydrogen) atoms. The monoisotopic (exact) mass is 334 g/mol. The van der Waals surface area contributed by atoms with Gasteiger partial charge in [0.05, 0.1) is 6.10 Å². The van der Waals surface area contributed by atoms with Gasteiger partial charge in [-0.05, 0) is 50.6 Å². The van der Waals surface area contributed by atoms with Gasteiger partial charge in [-0.25, -0.2) is 0 Å². The predicted octanol–water partition coefficient (Wildman–Crippen LogP) is 3.84. The molecular formula is C18H23ClN2O2. The summed E-state index contributed by atoms with van der Waals surface area (Å²) < 4.78 is 5.56. The smallest absolute Gasteiger partial charge is 0.245 e. The molecule has 4 nitrogen and oxygen atoms in total. The van der Waals surface area contributed by atoms with Gasteiger partial charge in [0.15, 0.2) is 0 Å². The Morgan fingerprint density at radius 1 is 1.04 bits per heavy atom.